The summed E-state index contributed by atoms with van der Waals surface area (Å²) in [6.07, 6.45) is 4.83. The molecule has 4 amide bonds. The lowest BCUT2D eigenvalue weighted by Crippen LogP contribution is -2.48. The number of fused-ring (bicyclic) bond motifs is 1. The van der Waals surface area contributed by atoms with E-state index in [-0.39, 0.29) is 49.2 Å². The van der Waals surface area contributed by atoms with Gasteiger partial charge in [-0.05, 0) is 82.8 Å². The average Bonchev–Trinajstić information content (AvgIpc) is 4.21. The number of ether oxygens (including phenoxy) is 2. The molecule has 5 aromatic rings. The molecule has 0 saturated carbocycles. The summed E-state index contributed by atoms with van der Waals surface area (Å²) < 4.78 is 59.5. The molecule has 2 fully saturated rings. The maximum Gasteiger partial charge on any atom is 0.407 e. The molecule has 3 aliphatic rings. The second-order valence-corrected chi connectivity index (χ2v) is 21.0. The first-order chi connectivity index (χ1) is 36.4. The molecule has 21 nitrogen and oxygen atoms in total. The number of aromatic nitrogens is 6. The van der Waals surface area contributed by atoms with E-state index in [9.17, 15) is 18.8 Å². The molecule has 2 saturated heterocycles. The summed E-state index contributed by atoms with van der Waals surface area (Å²) in [5.41, 5.74) is 1.56. The molecule has 0 spiro atoms. The number of urea groups is 1. The monoisotopic (exact) mass is 1070 g/mol. The number of aryl methyl sites for hydroxylation is 2. The molecule has 0 unspecified atom stereocenters. The molecule has 3 N–H and O–H groups in total. The van der Waals surface area contributed by atoms with Crippen molar-refractivity contribution < 1.29 is 41.9 Å². The number of carbonyl (C=O) groups is 3. The molecule has 0 bridgehead atoms. The maximum atomic E-state index is 15.3. The van der Waals surface area contributed by atoms with Crippen LogP contribution in [0.15, 0.2) is 78.8 Å². The van der Waals surface area contributed by atoms with Crippen molar-refractivity contribution in [2.24, 2.45) is 12.1 Å². The molecule has 3 aliphatic heterocycles. The number of rotatable bonds is 21. The van der Waals surface area contributed by atoms with Crippen LogP contribution in [-0.2, 0) is 32.8 Å². The third-order valence-electron chi connectivity index (χ3n) is 13.0. The normalized spacial score (nSPS) is 19.2. The highest BCUT2D eigenvalue weighted by Gasteiger charge is 2.50. The van der Waals surface area contributed by atoms with Gasteiger partial charge in [0.2, 0.25) is 11.9 Å². The number of hydrogen-bond acceptors (Lipinski definition) is 16. The number of anilines is 3. The van der Waals surface area contributed by atoms with Crippen LogP contribution >= 0.6 is 11.8 Å². The van der Waals surface area contributed by atoms with Gasteiger partial charge >= 0.3 is 12.1 Å². The zero-order valence-corrected chi connectivity index (χ0v) is 44.5. The molecule has 3 atom stereocenters. The quantitative estimate of drug-likeness (QED) is 0.0415. The van der Waals surface area contributed by atoms with Crippen molar-refractivity contribution in [2.45, 2.75) is 75.7 Å². The molecule has 6 heterocycles. The number of carbonyl (C=O) groups excluding carboxylic acids is 3. The average molecular weight is 1070 g/mol. The largest absolute Gasteiger partial charge is 0.478 e. The van der Waals surface area contributed by atoms with Gasteiger partial charge in [-0.2, -0.15) is 20.1 Å². The van der Waals surface area contributed by atoms with Gasteiger partial charge in [0, 0.05) is 72.0 Å². The van der Waals surface area contributed by atoms with Crippen LogP contribution in [0.3, 0.4) is 0 Å². The van der Waals surface area contributed by atoms with Crippen LogP contribution in [0.5, 0.6) is 5.88 Å². The first-order valence-electron chi connectivity index (χ1n) is 25.2. The second-order valence-electron chi connectivity index (χ2n) is 19.7. The van der Waals surface area contributed by atoms with Crippen molar-refractivity contribution in [3.63, 3.8) is 0 Å². The summed E-state index contributed by atoms with van der Waals surface area (Å²) in [7, 11) is 4.87. The van der Waals surface area contributed by atoms with Crippen molar-refractivity contribution in [1.82, 2.24) is 59.8 Å². The zero-order valence-electron chi connectivity index (χ0n) is 43.7. The van der Waals surface area contributed by atoms with Crippen LogP contribution in [-0.4, -0.2) is 170 Å². The first kappa shape index (κ1) is 55.3. The Hall–Kier alpha value is -6.96. The van der Waals surface area contributed by atoms with E-state index < -0.39 is 52.4 Å². The molecule has 25 heteroatoms. The maximum absolute atomic E-state index is 15.3. The van der Waals surface area contributed by atoms with Gasteiger partial charge in [-0.3, -0.25) is 14.3 Å². The van der Waals surface area contributed by atoms with Crippen LogP contribution in [0, 0.1) is 11.6 Å². The molecule has 76 heavy (non-hydrogen) atoms. The molecule has 2 aromatic carbocycles. The smallest absolute Gasteiger partial charge is 0.407 e. The van der Waals surface area contributed by atoms with E-state index in [4.69, 9.17) is 19.3 Å². The Bertz CT molecular complexity index is 2880. The summed E-state index contributed by atoms with van der Waals surface area (Å²) in [5.74, 6) is -0.730. The second kappa shape index (κ2) is 24.4. The van der Waals surface area contributed by atoms with Gasteiger partial charge in [0.25, 0.3) is 5.88 Å². The predicted octanol–water partition coefficient (Wildman–Crippen LogP) is 6.37. The summed E-state index contributed by atoms with van der Waals surface area (Å²) in [6, 6.07) is 11.0. The number of alkyl carbamates (subject to hydrolysis) is 1. The highest BCUT2D eigenvalue weighted by molar-refractivity contribution is 8.15. The lowest BCUT2D eigenvalue weighted by Gasteiger charge is -2.37. The van der Waals surface area contributed by atoms with Gasteiger partial charge in [0.15, 0.2) is 17.0 Å². The summed E-state index contributed by atoms with van der Waals surface area (Å²) in [4.78, 5) is 64.0. The fourth-order valence-corrected chi connectivity index (χ4v) is 10.6. The lowest BCUT2D eigenvalue weighted by molar-refractivity contribution is -0.117. The topological polar surface area (TPSA) is 205 Å². The number of alkyl halides is 1. The van der Waals surface area contributed by atoms with Crippen molar-refractivity contribution in [2.75, 3.05) is 89.9 Å². The van der Waals surface area contributed by atoms with E-state index in [2.05, 4.69) is 52.5 Å². The van der Waals surface area contributed by atoms with Crippen molar-refractivity contribution in [3.05, 3.63) is 96.5 Å². The van der Waals surface area contributed by atoms with Crippen LogP contribution < -0.4 is 25.6 Å². The van der Waals surface area contributed by atoms with E-state index in [1.165, 1.54) is 12.1 Å². The number of imidazole rings is 1. The number of nitrogens with zero attached hydrogens (tertiary/aromatic N) is 12. The minimum absolute atomic E-state index is 0.00152. The van der Waals surface area contributed by atoms with Gasteiger partial charge in [-0.1, -0.05) is 48.7 Å². The Morgan fingerprint density at radius 3 is 2.43 bits per heavy atom. The van der Waals surface area contributed by atoms with Gasteiger partial charge < -0.3 is 44.7 Å². The van der Waals surface area contributed by atoms with Gasteiger partial charge in [0.1, 0.15) is 39.0 Å². The van der Waals surface area contributed by atoms with E-state index in [0.29, 0.717) is 53.5 Å². The van der Waals surface area contributed by atoms with Crippen LogP contribution in [0.1, 0.15) is 57.6 Å². The molecular formula is C51H66F3N15O6S. The SMILES string of the molecule is C=CC(=O)N[C@@H]1CN(c2nc(Nc3cn(CCCN4CCN(CCCON(C)C(=O)N5N=C(c6cc(F)ccc6F)S[C@@]5(CCCNC(=O)OC(C)(C)C)c5ccccc5)CC4)nc3OC)c3ncn(C)c3n2)C[C@H]1F. The fraction of sp³-hybridized carbons (Fsp3) is 0.490. The van der Waals surface area contributed by atoms with E-state index in [1.54, 1.807) is 43.7 Å². The number of piperazine rings is 1. The van der Waals surface area contributed by atoms with Gasteiger partial charge in [0.05, 0.1) is 38.8 Å². The number of halogens is 3. The van der Waals surface area contributed by atoms with Crippen molar-refractivity contribution in [1.29, 1.82) is 0 Å². The van der Waals surface area contributed by atoms with Gasteiger partial charge in [-0.25, -0.2) is 32.8 Å². The predicted molar refractivity (Wildman–Crippen MR) is 283 cm³/mol. The highest BCUT2D eigenvalue weighted by atomic mass is 32.2. The highest BCUT2D eigenvalue weighted by Crippen LogP contribution is 2.51. The molecule has 8 rings (SSSR count). The standard InChI is InChI=1S/C51H66F3N15O6S/c1-8-41(70)57-39-31-67(30-38(39)54)47-59-43(42-44(60-47)63(5)33-56-42)58-40-32-68(61-45(40)73-7)23-13-21-65-24-26-66(27-25-65)22-14-28-74-64(6)49(72)69-51(34-15-10-9-11-16-34,19-12-20-55-48(71)75-50(2,3)4)76-46(62-69)36-29-35(52)17-18-37(36)53/h8-11,15-18,29,32-33,38-39H,1,12-14,19-28,30-31H2,2-7H3,(H,55,71)(H,57,70)(H,58,59,60)/t38-,39-,51+/m1/s1. The van der Waals surface area contributed by atoms with Crippen molar-refractivity contribution >= 4 is 63.5 Å². The van der Waals surface area contributed by atoms with E-state index in [1.807, 2.05) is 48.3 Å². The molecule has 408 valence electrons. The van der Waals surface area contributed by atoms with Crippen LogP contribution in [0.4, 0.5) is 40.2 Å². The number of amides is 4. The van der Waals surface area contributed by atoms with E-state index in [0.717, 1.165) is 86.8 Å². The third-order valence-corrected chi connectivity index (χ3v) is 14.4. The first-order valence-corrected chi connectivity index (χ1v) is 26.1. The van der Waals surface area contributed by atoms with Gasteiger partial charge in [-0.15, -0.1) is 5.10 Å². The molecule has 3 aromatic heterocycles. The number of benzene rings is 2. The number of nitrogens with one attached hydrogen (secondary N) is 3. The van der Waals surface area contributed by atoms with Crippen LogP contribution in [0.2, 0.25) is 0 Å². The Kier molecular flexibility index (Phi) is 17.7. The van der Waals surface area contributed by atoms with Crippen LogP contribution in [0.25, 0.3) is 11.2 Å². The molecule has 0 aliphatic carbocycles. The minimum atomic E-state index is -1.32. The summed E-state index contributed by atoms with van der Waals surface area (Å²) in [5, 5.41) is 20.6. The number of methoxy groups -OCH3 is 1. The Balaban J connectivity index is 0.819. The van der Waals surface area contributed by atoms with E-state index >= 15 is 8.78 Å². The van der Waals surface area contributed by atoms with Crippen molar-refractivity contribution in [3.8, 4) is 5.88 Å². The zero-order chi connectivity index (χ0) is 54.1. The minimum Gasteiger partial charge on any atom is -0.478 e. The third kappa shape index (κ3) is 13.3. The number of hydrazone groups is 1. The number of hydroxylamine groups is 2. The Labute approximate surface area is 443 Å². The molecular weight excluding hydrogens is 1010 g/mol. The Morgan fingerprint density at radius 1 is 0.987 bits per heavy atom. The lowest BCUT2D eigenvalue weighted by atomic mass is 10.0. The Morgan fingerprint density at radius 2 is 1.72 bits per heavy atom. The molecule has 0 radical (unpaired) electrons. The fourth-order valence-electron chi connectivity index (χ4n) is 9.16. The summed E-state index contributed by atoms with van der Waals surface area (Å²) >= 11 is 1.14. The summed E-state index contributed by atoms with van der Waals surface area (Å²) in [6.45, 7) is 15.1. The number of hydrogen-bond donors (Lipinski definition) is 3. The number of thioether (sulfide) groups is 1.